The van der Waals surface area contributed by atoms with Crippen LogP contribution in [0.3, 0.4) is 0 Å². The number of hydrogen-bond acceptors (Lipinski definition) is 3. The Balaban J connectivity index is 3.18. The molecule has 0 aromatic carbocycles. The maximum Gasteiger partial charge on any atom is 0.222 e. The van der Waals surface area contributed by atoms with Gasteiger partial charge in [-0.2, -0.15) is 0 Å². The van der Waals surface area contributed by atoms with Crippen molar-refractivity contribution in [1.82, 2.24) is 10.6 Å². The van der Waals surface area contributed by atoms with E-state index in [1.807, 2.05) is 13.8 Å². The Bertz CT molecular complexity index is 182. The fourth-order valence-electron chi connectivity index (χ4n) is 1.23. The first-order chi connectivity index (χ1) is 7.52. The van der Waals surface area contributed by atoms with Crippen molar-refractivity contribution in [3.05, 3.63) is 0 Å². The van der Waals surface area contributed by atoms with Crippen LogP contribution in [0.15, 0.2) is 0 Å². The lowest BCUT2D eigenvalue weighted by molar-refractivity contribution is -0.122. The minimum atomic E-state index is 0.0651. The SMILES string of the molecule is CC(C)NCCCOCCC(=O)NC(C)C. The van der Waals surface area contributed by atoms with Crippen molar-refractivity contribution in [3.8, 4) is 0 Å². The normalized spacial score (nSPS) is 11.1. The Morgan fingerprint density at radius 1 is 1.12 bits per heavy atom. The molecular formula is C12H26N2O2. The highest BCUT2D eigenvalue weighted by Crippen LogP contribution is 1.88. The molecule has 1 amide bonds. The van der Waals surface area contributed by atoms with Gasteiger partial charge in [-0.25, -0.2) is 0 Å². The number of hydrogen-bond donors (Lipinski definition) is 2. The fourth-order valence-corrected chi connectivity index (χ4v) is 1.23. The van der Waals surface area contributed by atoms with E-state index in [0.717, 1.165) is 13.0 Å². The van der Waals surface area contributed by atoms with E-state index in [9.17, 15) is 4.79 Å². The quantitative estimate of drug-likeness (QED) is 0.587. The first-order valence-electron chi connectivity index (χ1n) is 6.13. The van der Waals surface area contributed by atoms with Crippen molar-refractivity contribution >= 4 is 5.91 Å². The minimum Gasteiger partial charge on any atom is -0.381 e. The van der Waals surface area contributed by atoms with Gasteiger partial charge in [0.05, 0.1) is 6.61 Å². The van der Waals surface area contributed by atoms with Crippen molar-refractivity contribution in [1.29, 1.82) is 0 Å². The van der Waals surface area contributed by atoms with Crippen molar-refractivity contribution in [3.63, 3.8) is 0 Å². The maximum atomic E-state index is 11.2. The van der Waals surface area contributed by atoms with Gasteiger partial charge in [0.1, 0.15) is 0 Å². The third-order valence-corrected chi connectivity index (χ3v) is 1.94. The molecule has 0 bridgehead atoms. The first kappa shape index (κ1) is 15.4. The second-order valence-corrected chi connectivity index (χ2v) is 4.55. The molecule has 0 heterocycles. The van der Waals surface area contributed by atoms with E-state index in [-0.39, 0.29) is 11.9 Å². The van der Waals surface area contributed by atoms with Gasteiger partial charge in [0.25, 0.3) is 0 Å². The summed E-state index contributed by atoms with van der Waals surface area (Å²) in [6.07, 6.45) is 1.44. The van der Waals surface area contributed by atoms with E-state index in [1.165, 1.54) is 0 Å². The van der Waals surface area contributed by atoms with Crippen molar-refractivity contribution < 1.29 is 9.53 Å². The molecule has 0 rings (SSSR count). The molecule has 0 saturated heterocycles. The highest BCUT2D eigenvalue weighted by atomic mass is 16.5. The van der Waals surface area contributed by atoms with Crippen LogP contribution in [0.2, 0.25) is 0 Å². The predicted molar refractivity (Wildman–Crippen MR) is 66.5 cm³/mol. The second-order valence-electron chi connectivity index (χ2n) is 4.55. The first-order valence-corrected chi connectivity index (χ1v) is 6.13. The van der Waals surface area contributed by atoms with Crippen LogP contribution in [-0.2, 0) is 9.53 Å². The molecule has 0 radical (unpaired) electrons. The summed E-state index contributed by atoms with van der Waals surface area (Å²) in [5.74, 6) is 0.0651. The van der Waals surface area contributed by atoms with Crippen LogP contribution in [0.1, 0.15) is 40.5 Å². The highest BCUT2D eigenvalue weighted by Gasteiger charge is 2.02. The number of rotatable bonds is 9. The number of carbonyl (C=O) groups is 1. The van der Waals surface area contributed by atoms with E-state index in [0.29, 0.717) is 25.7 Å². The molecule has 0 aliphatic rings. The molecule has 4 heteroatoms. The number of ether oxygens (including phenoxy) is 1. The molecule has 2 N–H and O–H groups in total. The Hall–Kier alpha value is -0.610. The van der Waals surface area contributed by atoms with Gasteiger partial charge < -0.3 is 15.4 Å². The van der Waals surface area contributed by atoms with Gasteiger partial charge in [0, 0.05) is 25.1 Å². The zero-order valence-electron chi connectivity index (χ0n) is 11.0. The van der Waals surface area contributed by atoms with E-state index in [2.05, 4.69) is 24.5 Å². The Labute approximate surface area is 99.1 Å². The largest absolute Gasteiger partial charge is 0.381 e. The molecule has 0 aromatic rings. The highest BCUT2D eigenvalue weighted by molar-refractivity contribution is 5.76. The van der Waals surface area contributed by atoms with Gasteiger partial charge in [-0.3, -0.25) is 4.79 Å². The average Bonchev–Trinajstić information content (AvgIpc) is 2.14. The summed E-state index contributed by atoms with van der Waals surface area (Å²) in [5, 5.41) is 6.14. The van der Waals surface area contributed by atoms with E-state index in [4.69, 9.17) is 4.74 Å². The molecule has 16 heavy (non-hydrogen) atoms. The summed E-state index contributed by atoms with van der Waals surface area (Å²) in [7, 11) is 0. The van der Waals surface area contributed by atoms with Gasteiger partial charge in [0.2, 0.25) is 5.91 Å². The summed E-state index contributed by atoms with van der Waals surface area (Å²) in [4.78, 5) is 11.2. The standard InChI is InChI=1S/C12H26N2O2/c1-10(2)13-7-5-8-16-9-6-12(15)14-11(3)4/h10-11,13H,5-9H2,1-4H3,(H,14,15). The summed E-state index contributed by atoms with van der Waals surface area (Å²) < 4.78 is 5.37. The Morgan fingerprint density at radius 3 is 2.38 bits per heavy atom. The molecule has 0 spiro atoms. The van der Waals surface area contributed by atoms with Gasteiger partial charge in [0.15, 0.2) is 0 Å². The number of amides is 1. The van der Waals surface area contributed by atoms with Crippen molar-refractivity contribution in [2.24, 2.45) is 0 Å². The summed E-state index contributed by atoms with van der Waals surface area (Å²) in [6.45, 7) is 10.4. The lowest BCUT2D eigenvalue weighted by Gasteiger charge is -2.09. The molecule has 0 atom stereocenters. The number of nitrogens with one attached hydrogen (secondary N) is 2. The van der Waals surface area contributed by atoms with Gasteiger partial charge in [-0.15, -0.1) is 0 Å². The molecule has 0 saturated carbocycles. The zero-order chi connectivity index (χ0) is 12.4. The third kappa shape index (κ3) is 11.5. The molecule has 96 valence electrons. The summed E-state index contributed by atoms with van der Waals surface area (Å²) in [6, 6.07) is 0.736. The molecule has 4 nitrogen and oxygen atoms in total. The molecule has 0 fully saturated rings. The summed E-state index contributed by atoms with van der Waals surface area (Å²) >= 11 is 0. The maximum absolute atomic E-state index is 11.2. The van der Waals surface area contributed by atoms with E-state index < -0.39 is 0 Å². The molecule has 0 aliphatic carbocycles. The van der Waals surface area contributed by atoms with Crippen molar-refractivity contribution in [2.75, 3.05) is 19.8 Å². The summed E-state index contributed by atoms with van der Waals surface area (Å²) in [5.41, 5.74) is 0. The van der Waals surface area contributed by atoms with E-state index >= 15 is 0 Å². The van der Waals surface area contributed by atoms with Crippen LogP contribution in [0, 0.1) is 0 Å². The van der Waals surface area contributed by atoms with Crippen LogP contribution >= 0.6 is 0 Å². The Kier molecular flexibility index (Phi) is 9.24. The lowest BCUT2D eigenvalue weighted by atomic mass is 10.3. The van der Waals surface area contributed by atoms with Gasteiger partial charge >= 0.3 is 0 Å². The van der Waals surface area contributed by atoms with Gasteiger partial charge in [-0.05, 0) is 26.8 Å². The van der Waals surface area contributed by atoms with Crippen LogP contribution in [-0.4, -0.2) is 37.7 Å². The lowest BCUT2D eigenvalue weighted by Crippen LogP contribution is -2.30. The molecular weight excluding hydrogens is 204 g/mol. The molecule has 0 aliphatic heterocycles. The third-order valence-electron chi connectivity index (χ3n) is 1.94. The Morgan fingerprint density at radius 2 is 1.81 bits per heavy atom. The van der Waals surface area contributed by atoms with Crippen LogP contribution < -0.4 is 10.6 Å². The van der Waals surface area contributed by atoms with Crippen molar-refractivity contribution in [2.45, 2.75) is 52.6 Å². The average molecular weight is 230 g/mol. The van der Waals surface area contributed by atoms with Crippen LogP contribution in [0.25, 0.3) is 0 Å². The monoisotopic (exact) mass is 230 g/mol. The van der Waals surface area contributed by atoms with Crippen LogP contribution in [0.5, 0.6) is 0 Å². The second kappa shape index (κ2) is 9.60. The fraction of sp³-hybridized carbons (Fsp3) is 0.917. The van der Waals surface area contributed by atoms with Crippen LogP contribution in [0.4, 0.5) is 0 Å². The van der Waals surface area contributed by atoms with E-state index in [1.54, 1.807) is 0 Å². The smallest absolute Gasteiger partial charge is 0.222 e. The zero-order valence-corrected chi connectivity index (χ0v) is 11.0. The molecule has 0 unspecified atom stereocenters. The minimum absolute atomic E-state index is 0.0651. The topological polar surface area (TPSA) is 50.4 Å². The predicted octanol–water partition coefficient (Wildman–Crippen LogP) is 1.31. The molecule has 0 aromatic heterocycles. The number of carbonyl (C=O) groups excluding carboxylic acids is 1. The van der Waals surface area contributed by atoms with Gasteiger partial charge in [-0.1, -0.05) is 13.8 Å².